The third kappa shape index (κ3) is 6.00. The third-order valence-corrected chi connectivity index (χ3v) is 10.7. The van der Waals surface area contributed by atoms with Gasteiger partial charge in [0.2, 0.25) is 10.0 Å². The van der Waals surface area contributed by atoms with Crippen LogP contribution in [0.5, 0.6) is 0 Å². The Morgan fingerprint density at radius 1 is 1.12 bits per heavy atom. The van der Waals surface area contributed by atoms with Crippen molar-refractivity contribution < 1.29 is 13.5 Å². The predicted molar refractivity (Wildman–Crippen MR) is 162 cm³/mol. The zero-order valence-corrected chi connectivity index (χ0v) is 24.8. The van der Waals surface area contributed by atoms with E-state index in [4.69, 9.17) is 9.97 Å². The molecule has 3 aromatic heterocycles. The number of piperidine rings is 1. The number of fused-ring (bicyclic) bond motifs is 1. The molecular weight excluding hydrogens is 555 g/mol. The first-order valence-electron chi connectivity index (χ1n) is 14.3. The van der Waals surface area contributed by atoms with Crippen LogP contribution in [-0.2, 0) is 16.4 Å². The van der Waals surface area contributed by atoms with E-state index in [0.717, 1.165) is 72.0 Å². The van der Waals surface area contributed by atoms with Crippen molar-refractivity contribution in [3.05, 3.63) is 89.2 Å². The largest absolute Gasteiger partial charge is 0.512 e. The Bertz CT molecular complexity index is 1690. The van der Waals surface area contributed by atoms with E-state index in [2.05, 4.69) is 15.5 Å². The second-order valence-corrected chi connectivity index (χ2v) is 13.9. The SMILES string of the molecule is Cc1ccc(S(=O)(=O)N2CCC[C@H](CCCCc3nccc(-c4c(C5C=CC=C(O)C5)nc5sccn45)n3)C2)cc1. The molecule has 0 spiro atoms. The fourth-order valence-corrected chi connectivity index (χ4v) is 8.15. The quantitative estimate of drug-likeness (QED) is 0.225. The average Bonchev–Trinajstić information content (AvgIpc) is 3.58. The van der Waals surface area contributed by atoms with E-state index in [9.17, 15) is 13.5 Å². The molecule has 1 unspecified atom stereocenters. The lowest BCUT2D eigenvalue weighted by atomic mass is 9.93. The molecule has 214 valence electrons. The summed E-state index contributed by atoms with van der Waals surface area (Å²) in [7, 11) is -3.45. The first-order valence-corrected chi connectivity index (χ1v) is 16.6. The maximum atomic E-state index is 13.2. The Kier molecular flexibility index (Phi) is 8.05. The minimum Gasteiger partial charge on any atom is -0.512 e. The lowest BCUT2D eigenvalue weighted by molar-refractivity contribution is 0.251. The highest BCUT2D eigenvalue weighted by Crippen LogP contribution is 2.36. The van der Waals surface area contributed by atoms with Crippen molar-refractivity contribution in [3.8, 4) is 11.4 Å². The number of hydrogen-bond donors (Lipinski definition) is 1. The molecular formula is C31H35N5O3S2. The van der Waals surface area contributed by atoms with Gasteiger partial charge in [0.25, 0.3) is 0 Å². The number of thiazole rings is 1. The summed E-state index contributed by atoms with van der Waals surface area (Å²) >= 11 is 1.58. The van der Waals surface area contributed by atoms with Crippen molar-refractivity contribution in [2.75, 3.05) is 13.1 Å². The summed E-state index contributed by atoms with van der Waals surface area (Å²) in [5.74, 6) is 1.52. The van der Waals surface area contributed by atoms with Crippen molar-refractivity contribution in [1.29, 1.82) is 0 Å². The number of aliphatic hydroxyl groups is 1. The minimum atomic E-state index is -3.45. The molecule has 1 saturated heterocycles. The van der Waals surface area contributed by atoms with Gasteiger partial charge in [-0.05, 0) is 62.8 Å². The first-order chi connectivity index (χ1) is 19.9. The third-order valence-electron chi connectivity index (χ3n) is 8.05. The summed E-state index contributed by atoms with van der Waals surface area (Å²) in [5.41, 5.74) is 3.76. The highest BCUT2D eigenvalue weighted by Gasteiger charge is 2.30. The van der Waals surface area contributed by atoms with Gasteiger partial charge < -0.3 is 5.11 Å². The molecule has 2 aliphatic rings. The van der Waals surface area contributed by atoms with Gasteiger partial charge in [-0.25, -0.2) is 23.4 Å². The molecule has 0 bridgehead atoms. The second kappa shape index (κ2) is 11.9. The monoisotopic (exact) mass is 589 g/mol. The Labute approximate surface area is 245 Å². The van der Waals surface area contributed by atoms with Crippen LogP contribution < -0.4 is 0 Å². The van der Waals surface area contributed by atoms with Crippen LogP contribution in [0.2, 0.25) is 0 Å². The Morgan fingerprint density at radius 2 is 1.98 bits per heavy atom. The molecule has 1 aromatic carbocycles. The molecule has 8 nitrogen and oxygen atoms in total. The van der Waals surface area contributed by atoms with E-state index in [-0.39, 0.29) is 5.92 Å². The van der Waals surface area contributed by atoms with Gasteiger partial charge in [-0.15, -0.1) is 11.3 Å². The maximum absolute atomic E-state index is 13.2. The number of nitrogens with zero attached hydrogens (tertiary/aromatic N) is 5. The first kappa shape index (κ1) is 27.8. The summed E-state index contributed by atoms with van der Waals surface area (Å²) in [6.45, 7) is 3.14. The molecule has 1 fully saturated rings. The van der Waals surface area contributed by atoms with Gasteiger partial charge in [0, 0.05) is 49.6 Å². The van der Waals surface area contributed by atoms with Crippen LogP contribution in [0.15, 0.2) is 77.0 Å². The van der Waals surface area contributed by atoms with Gasteiger partial charge in [0.1, 0.15) is 5.82 Å². The summed E-state index contributed by atoms with van der Waals surface area (Å²) in [4.78, 5) is 15.7. The van der Waals surface area contributed by atoms with E-state index >= 15 is 0 Å². The zero-order chi connectivity index (χ0) is 28.4. The van der Waals surface area contributed by atoms with Crippen molar-refractivity contribution in [2.24, 2.45) is 5.92 Å². The molecule has 0 radical (unpaired) electrons. The summed E-state index contributed by atoms with van der Waals surface area (Å²) < 4.78 is 30.1. The number of aryl methyl sites for hydroxylation is 2. The number of aromatic nitrogens is 4. The van der Waals surface area contributed by atoms with Gasteiger partial charge in [-0.1, -0.05) is 36.3 Å². The Balaban J connectivity index is 1.09. The molecule has 4 aromatic rings. The molecule has 41 heavy (non-hydrogen) atoms. The number of benzene rings is 1. The van der Waals surface area contributed by atoms with Crippen LogP contribution in [0, 0.1) is 12.8 Å². The maximum Gasteiger partial charge on any atom is 0.243 e. The molecule has 1 N–H and O–H groups in total. The minimum absolute atomic E-state index is 0.00889. The van der Waals surface area contributed by atoms with Crippen LogP contribution in [-0.4, -0.2) is 50.3 Å². The topological polar surface area (TPSA) is 101 Å². The highest BCUT2D eigenvalue weighted by molar-refractivity contribution is 7.89. The van der Waals surface area contributed by atoms with Gasteiger partial charge in [-0.3, -0.25) is 4.40 Å². The molecule has 0 saturated carbocycles. The number of aliphatic hydroxyl groups excluding tert-OH is 1. The van der Waals surface area contributed by atoms with Crippen LogP contribution in [0.25, 0.3) is 16.3 Å². The lowest BCUT2D eigenvalue weighted by Gasteiger charge is -2.32. The van der Waals surface area contributed by atoms with Crippen molar-refractivity contribution in [3.63, 3.8) is 0 Å². The molecule has 6 rings (SSSR count). The van der Waals surface area contributed by atoms with E-state index < -0.39 is 10.0 Å². The normalized spacial score (nSPS) is 20.0. The second-order valence-electron chi connectivity index (χ2n) is 11.0. The van der Waals surface area contributed by atoms with E-state index in [1.54, 1.807) is 33.9 Å². The van der Waals surface area contributed by atoms with E-state index in [1.165, 1.54) is 0 Å². The number of rotatable bonds is 9. The Hall–Kier alpha value is -3.34. The predicted octanol–water partition coefficient (Wildman–Crippen LogP) is 6.46. The molecule has 4 heterocycles. The summed E-state index contributed by atoms with van der Waals surface area (Å²) in [5, 5.41) is 12.1. The molecule has 2 atom stereocenters. The number of sulfonamides is 1. The highest BCUT2D eigenvalue weighted by atomic mass is 32.2. The van der Waals surface area contributed by atoms with Gasteiger partial charge >= 0.3 is 0 Å². The number of hydrogen-bond acceptors (Lipinski definition) is 7. The summed E-state index contributed by atoms with van der Waals surface area (Å²) in [6.07, 6.45) is 15.7. The Morgan fingerprint density at radius 3 is 2.80 bits per heavy atom. The fourth-order valence-electron chi connectivity index (χ4n) is 5.87. The number of imidazole rings is 1. The smallest absolute Gasteiger partial charge is 0.243 e. The zero-order valence-electron chi connectivity index (χ0n) is 23.2. The lowest BCUT2D eigenvalue weighted by Crippen LogP contribution is -2.39. The van der Waals surface area contributed by atoms with Crippen LogP contribution in [0.1, 0.15) is 61.5 Å². The molecule has 1 aliphatic carbocycles. The van der Waals surface area contributed by atoms with Crippen molar-refractivity contribution in [1.82, 2.24) is 23.7 Å². The number of allylic oxidation sites excluding steroid dienone is 4. The van der Waals surface area contributed by atoms with Gasteiger partial charge in [0.05, 0.1) is 27.7 Å². The van der Waals surface area contributed by atoms with Crippen LogP contribution >= 0.6 is 11.3 Å². The van der Waals surface area contributed by atoms with Crippen molar-refractivity contribution >= 4 is 26.3 Å². The summed E-state index contributed by atoms with van der Waals surface area (Å²) in [6, 6.07) is 9.08. The molecule has 10 heteroatoms. The van der Waals surface area contributed by atoms with Crippen molar-refractivity contribution in [2.45, 2.75) is 62.7 Å². The van der Waals surface area contributed by atoms with E-state index in [0.29, 0.717) is 36.1 Å². The standard InChI is InChI=1S/C31H35N5O3S2/c1-22-11-13-26(14-12-22)41(38,39)35-17-5-7-23(21-35)6-2-3-10-28-32-16-15-27(33-28)30-29(24-8-4-9-25(37)20-24)34-31-36(30)18-19-40-31/h4,8-9,11-16,18-19,23-24,37H,2-3,5-7,10,17,20-21H2,1H3/t23-,24?/m0/s1. The van der Waals surface area contributed by atoms with Gasteiger partial charge in [0.15, 0.2) is 4.96 Å². The van der Waals surface area contributed by atoms with E-state index in [1.807, 2.05) is 49.0 Å². The van der Waals surface area contributed by atoms with Crippen LogP contribution in [0.4, 0.5) is 0 Å². The fraction of sp³-hybridized carbons (Fsp3) is 0.387. The number of unbranched alkanes of at least 4 members (excludes halogenated alkanes) is 1. The molecule has 1 aliphatic heterocycles. The van der Waals surface area contributed by atoms with Crippen LogP contribution in [0.3, 0.4) is 0 Å². The average molecular weight is 590 g/mol. The molecule has 0 amide bonds. The van der Waals surface area contributed by atoms with Gasteiger partial charge in [-0.2, -0.15) is 4.31 Å².